The zero-order valence-corrected chi connectivity index (χ0v) is 11.8. The fraction of sp³-hybridized carbons (Fsp3) is 0.0909. The lowest BCUT2D eigenvalue weighted by Gasteiger charge is -2.01. The molecule has 86 valence electrons. The van der Waals surface area contributed by atoms with Crippen LogP contribution >= 0.6 is 30.1 Å². The van der Waals surface area contributed by atoms with Gasteiger partial charge in [-0.15, -0.1) is 0 Å². The summed E-state index contributed by atoms with van der Waals surface area (Å²) < 4.78 is 14.4. The Morgan fingerprint density at radius 1 is 1.47 bits per heavy atom. The third kappa shape index (κ3) is 2.98. The first-order valence-electron chi connectivity index (χ1n) is 4.68. The molecule has 0 spiro atoms. The van der Waals surface area contributed by atoms with Crippen molar-refractivity contribution in [2.45, 2.75) is 6.92 Å². The largest absolute Gasteiger partial charge is 0.234 e. The normalized spacial score (nSPS) is 9.82. The molecule has 2 aromatic heterocycles. The van der Waals surface area contributed by atoms with Crippen LogP contribution in [0.4, 0.5) is 4.39 Å². The van der Waals surface area contributed by atoms with E-state index >= 15 is 0 Å². The van der Waals surface area contributed by atoms with Gasteiger partial charge in [-0.05, 0) is 45.2 Å². The Morgan fingerprint density at radius 3 is 2.94 bits per heavy atom. The highest BCUT2D eigenvalue weighted by Crippen LogP contribution is 2.11. The Labute approximate surface area is 114 Å². The minimum Gasteiger partial charge on any atom is -0.234 e. The summed E-state index contributed by atoms with van der Waals surface area (Å²) in [5.41, 5.74) is 1.59. The summed E-state index contributed by atoms with van der Waals surface area (Å²) in [4.78, 5) is 3.97. The number of halogens is 2. The van der Waals surface area contributed by atoms with Crippen LogP contribution in [0.15, 0.2) is 24.4 Å². The van der Waals surface area contributed by atoms with Gasteiger partial charge in [0.2, 0.25) is 0 Å². The summed E-state index contributed by atoms with van der Waals surface area (Å²) in [5.74, 6) is 3.13. The van der Waals surface area contributed by atoms with E-state index in [1.54, 1.807) is 10.7 Å². The van der Waals surface area contributed by atoms with E-state index in [2.05, 4.69) is 42.5 Å². The molecule has 0 aliphatic carbocycles. The Kier molecular flexibility index (Phi) is 4.02. The van der Waals surface area contributed by atoms with Crippen molar-refractivity contribution in [2.75, 3.05) is 0 Å². The fourth-order valence-corrected chi connectivity index (χ4v) is 1.81. The lowest BCUT2D eigenvalue weighted by Crippen LogP contribution is -2.01. The smallest absolute Gasteiger partial charge is 0.153 e. The summed E-state index contributed by atoms with van der Waals surface area (Å²) in [5, 5.41) is 7.15. The third-order valence-electron chi connectivity index (χ3n) is 2.03. The molecule has 0 N–H and O–H groups in total. The van der Waals surface area contributed by atoms with Crippen LogP contribution in [0.25, 0.3) is 5.82 Å². The predicted molar refractivity (Wildman–Crippen MR) is 74.5 cm³/mol. The van der Waals surface area contributed by atoms with Crippen LogP contribution in [0.2, 0.25) is 0 Å². The number of pyridine rings is 1. The van der Waals surface area contributed by atoms with Gasteiger partial charge in [0, 0.05) is 26.9 Å². The maximum Gasteiger partial charge on any atom is 0.153 e. The standard InChI is InChI=1S/C11H7FIN3S/c1-8-6-10(4-5-17-13)15-16(8)11-3-2-9(12)7-14-11/h2-3,6-7H,1H3. The van der Waals surface area contributed by atoms with Gasteiger partial charge in [0.25, 0.3) is 0 Å². The zero-order chi connectivity index (χ0) is 12.3. The first-order valence-corrected chi connectivity index (χ1v) is 8.04. The molecule has 0 radical (unpaired) electrons. The van der Waals surface area contributed by atoms with E-state index in [1.807, 2.05) is 13.0 Å². The van der Waals surface area contributed by atoms with Crippen molar-refractivity contribution in [3.05, 3.63) is 41.6 Å². The fourth-order valence-electron chi connectivity index (χ4n) is 1.33. The second kappa shape index (κ2) is 5.51. The van der Waals surface area contributed by atoms with Gasteiger partial charge in [-0.2, -0.15) is 5.10 Å². The van der Waals surface area contributed by atoms with E-state index in [4.69, 9.17) is 0 Å². The maximum absolute atomic E-state index is 12.8. The van der Waals surface area contributed by atoms with E-state index in [-0.39, 0.29) is 5.82 Å². The van der Waals surface area contributed by atoms with Crippen LogP contribution in [0, 0.1) is 23.9 Å². The van der Waals surface area contributed by atoms with Crippen molar-refractivity contribution in [3.63, 3.8) is 0 Å². The summed E-state index contributed by atoms with van der Waals surface area (Å²) in [6.45, 7) is 1.90. The predicted octanol–water partition coefficient (Wildman–Crippen LogP) is 3.11. The van der Waals surface area contributed by atoms with Crippen LogP contribution in [0.1, 0.15) is 11.4 Å². The number of aryl methyl sites for hydroxylation is 1. The van der Waals surface area contributed by atoms with Crippen LogP contribution in [0.5, 0.6) is 0 Å². The second-order valence-corrected chi connectivity index (χ2v) is 4.90. The monoisotopic (exact) mass is 359 g/mol. The van der Waals surface area contributed by atoms with E-state index in [1.165, 1.54) is 21.2 Å². The third-order valence-corrected chi connectivity index (χ3v) is 2.87. The van der Waals surface area contributed by atoms with Crippen LogP contribution in [-0.2, 0) is 0 Å². The summed E-state index contributed by atoms with van der Waals surface area (Å²) in [6.07, 6.45) is 1.17. The molecule has 0 unspecified atom stereocenters. The van der Waals surface area contributed by atoms with Crippen molar-refractivity contribution in [2.24, 2.45) is 0 Å². The highest BCUT2D eigenvalue weighted by Gasteiger charge is 2.05. The maximum atomic E-state index is 12.8. The highest BCUT2D eigenvalue weighted by molar-refractivity contribution is 14.2. The second-order valence-electron chi connectivity index (χ2n) is 3.22. The summed E-state index contributed by atoms with van der Waals surface area (Å²) in [6, 6.07) is 4.81. The minimum atomic E-state index is -0.361. The SMILES string of the molecule is Cc1cc(C#CSI)nn1-c1ccc(F)cn1. The zero-order valence-electron chi connectivity index (χ0n) is 8.82. The Morgan fingerprint density at radius 2 is 2.29 bits per heavy atom. The number of aromatic nitrogens is 3. The van der Waals surface area contributed by atoms with Crippen molar-refractivity contribution in [1.29, 1.82) is 0 Å². The lowest BCUT2D eigenvalue weighted by atomic mass is 10.4. The van der Waals surface area contributed by atoms with Crippen LogP contribution in [0.3, 0.4) is 0 Å². The molecule has 0 fully saturated rings. The van der Waals surface area contributed by atoms with Crippen molar-refractivity contribution in [1.82, 2.24) is 14.8 Å². The molecule has 0 aliphatic heterocycles. The van der Waals surface area contributed by atoms with E-state index in [0.717, 1.165) is 5.69 Å². The molecule has 0 saturated heterocycles. The van der Waals surface area contributed by atoms with Gasteiger partial charge in [-0.3, -0.25) is 0 Å². The molecule has 6 heteroatoms. The quantitative estimate of drug-likeness (QED) is 0.579. The first-order chi connectivity index (χ1) is 8.20. The molecule has 0 saturated carbocycles. The average molecular weight is 359 g/mol. The summed E-state index contributed by atoms with van der Waals surface area (Å²) >= 11 is 2.10. The molecule has 3 nitrogen and oxygen atoms in total. The van der Waals surface area contributed by atoms with Crippen molar-refractivity contribution in [3.8, 4) is 17.0 Å². The summed E-state index contributed by atoms with van der Waals surface area (Å²) in [7, 11) is 1.40. The Hall–Kier alpha value is -1.07. The number of rotatable bonds is 1. The van der Waals surface area contributed by atoms with Gasteiger partial charge in [-0.1, -0.05) is 0 Å². The molecule has 2 rings (SSSR count). The molecule has 0 atom stereocenters. The minimum absolute atomic E-state index is 0.361. The molecule has 2 heterocycles. The van der Waals surface area contributed by atoms with Gasteiger partial charge in [-0.25, -0.2) is 14.1 Å². The van der Waals surface area contributed by atoms with Crippen molar-refractivity contribution < 1.29 is 4.39 Å². The molecular weight excluding hydrogens is 352 g/mol. The molecule has 2 aromatic rings. The van der Waals surface area contributed by atoms with E-state index in [0.29, 0.717) is 11.5 Å². The topological polar surface area (TPSA) is 30.7 Å². The van der Waals surface area contributed by atoms with Gasteiger partial charge < -0.3 is 0 Å². The Bertz CT molecular complexity index is 583. The molecule has 0 aliphatic rings. The highest BCUT2D eigenvalue weighted by atomic mass is 127. The van der Waals surface area contributed by atoms with Crippen molar-refractivity contribution >= 4 is 30.1 Å². The van der Waals surface area contributed by atoms with Crippen LogP contribution in [-0.4, -0.2) is 14.8 Å². The van der Waals surface area contributed by atoms with Crippen LogP contribution < -0.4 is 0 Å². The van der Waals surface area contributed by atoms with E-state index in [9.17, 15) is 4.39 Å². The number of nitrogens with zero attached hydrogens (tertiary/aromatic N) is 3. The van der Waals surface area contributed by atoms with Gasteiger partial charge in [0.05, 0.1) is 6.20 Å². The first kappa shape index (κ1) is 12.4. The van der Waals surface area contributed by atoms with Gasteiger partial charge in [0.1, 0.15) is 11.5 Å². The average Bonchev–Trinajstić information content (AvgIpc) is 2.69. The van der Waals surface area contributed by atoms with Gasteiger partial charge >= 0.3 is 0 Å². The van der Waals surface area contributed by atoms with Gasteiger partial charge in [0.15, 0.2) is 5.82 Å². The molecule has 0 amide bonds. The number of hydrogen-bond acceptors (Lipinski definition) is 3. The van der Waals surface area contributed by atoms with E-state index < -0.39 is 0 Å². The lowest BCUT2D eigenvalue weighted by molar-refractivity contribution is 0.618. The Balaban J connectivity index is 2.39. The molecule has 17 heavy (non-hydrogen) atoms. The molecular formula is C11H7FIN3S. The molecule has 0 bridgehead atoms. The number of hydrogen-bond donors (Lipinski definition) is 0. The molecule has 0 aromatic carbocycles.